The van der Waals surface area contributed by atoms with Gasteiger partial charge in [-0.05, 0) is 25.5 Å². The van der Waals surface area contributed by atoms with Crippen molar-refractivity contribution in [2.24, 2.45) is 0 Å². The summed E-state index contributed by atoms with van der Waals surface area (Å²) in [6.07, 6.45) is 0. The number of ether oxygens (including phenoxy) is 2. The van der Waals surface area contributed by atoms with Crippen molar-refractivity contribution >= 4 is 17.7 Å². The molecule has 0 saturated carbocycles. The number of amides is 2. The van der Waals surface area contributed by atoms with Crippen molar-refractivity contribution in [3.05, 3.63) is 45.1 Å². The van der Waals surface area contributed by atoms with Crippen LogP contribution in [-0.4, -0.2) is 36.7 Å². The molecule has 1 aliphatic heterocycles. The lowest BCUT2D eigenvalue weighted by molar-refractivity contribution is -0.385. The predicted molar refractivity (Wildman–Crippen MR) is 83.5 cm³/mol. The number of esters is 1. The molecule has 2 amide bonds. The van der Waals surface area contributed by atoms with E-state index in [0.717, 1.165) is 5.56 Å². The van der Waals surface area contributed by atoms with Crippen LogP contribution in [0.2, 0.25) is 0 Å². The second-order valence-corrected chi connectivity index (χ2v) is 5.00. The molecule has 1 aromatic carbocycles. The number of benzene rings is 1. The molecule has 9 nitrogen and oxygen atoms in total. The molecule has 0 radical (unpaired) electrons. The fourth-order valence-electron chi connectivity index (χ4n) is 2.11. The van der Waals surface area contributed by atoms with Crippen molar-refractivity contribution in [3.63, 3.8) is 0 Å². The van der Waals surface area contributed by atoms with Gasteiger partial charge in [0.2, 0.25) is 0 Å². The van der Waals surface area contributed by atoms with Crippen LogP contribution >= 0.6 is 0 Å². The average molecular weight is 335 g/mol. The molecule has 0 unspecified atom stereocenters. The van der Waals surface area contributed by atoms with E-state index in [1.807, 2.05) is 0 Å². The normalized spacial score (nSPS) is 13.8. The Balaban J connectivity index is 2.24. The lowest BCUT2D eigenvalue weighted by Gasteiger charge is -2.21. The van der Waals surface area contributed by atoms with Crippen LogP contribution in [0.25, 0.3) is 0 Å². The second-order valence-electron chi connectivity index (χ2n) is 5.00. The number of carbonyl (C=O) groups excluding carboxylic acids is 2. The van der Waals surface area contributed by atoms with Gasteiger partial charge in [0.25, 0.3) is 0 Å². The van der Waals surface area contributed by atoms with Crippen LogP contribution in [0.15, 0.2) is 29.5 Å². The third-order valence-corrected chi connectivity index (χ3v) is 3.26. The predicted octanol–water partition coefficient (Wildman–Crippen LogP) is 1.41. The average Bonchev–Trinajstić information content (AvgIpc) is 2.53. The zero-order valence-electron chi connectivity index (χ0n) is 13.3. The Morgan fingerprint density at radius 2 is 2.17 bits per heavy atom. The molecule has 128 valence electrons. The van der Waals surface area contributed by atoms with E-state index in [1.54, 1.807) is 19.9 Å². The van der Waals surface area contributed by atoms with E-state index in [0.29, 0.717) is 0 Å². The molecular formula is C15H17N3O6. The maximum Gasteiger partial charge on any atom is 0.337 e. The lowest BCUT2D eigenvalue weighted by atomic mass is 10.1. The van der Waals surface area contributed by atoms with Gasteiger partial charge in [-0.1, -0.05) is 6.07 Å². The molecule has 0 atom stereocenters. The topological polar surface area (TPSA) is 120 Å². The largest absolute Gasteiger partial charge is 0.480 e. The summed E-state index contributed by atoms with van der Waals surface area (Å²) in [7, 11) is 0. The van der Waals surface area contributed by atoms with Gasteiger partial charge >= 0.3 is 17.7 Å². The van der Waals surface area contributed by atoms with Gasteiger partial charge in [0.05, 0.1) is 29.3 Å². The number of nitro benzene ring substituents is 1. The molecule has 0 saturated heterocycles. The summed E-state index contributed by atoms with van der Waals surface area (Å²) in [5, 5.41) is 16.0. The van der Waals surface area contributed by atoms with Gasteiger partial charge < -0.3 is 20.1 Å². The summed E-state index contributed by atoms with van der Waals surface area (Å²) in [5.41, 5.74) is 1.02. The number of nitro groups is 1. The first-order valence-electron chi connectivity index (χ1n) is 7.24. The van der Waals surface area contributed by atoms with E-state index in [4.69, 9.17) is 9.47 Å². The Morgan fingerprint density at radius 1 is 1.42 bits per heavy atom. The molecule has 0 aromatic heterocycles. The first-order valence-corrected chi connectivity index (χ1v) is 7.24. The molecule has 0 aliphatic carbocycles. The summed E-state index contributed by atoms with van der Waals surface area (Å²) >= 11 is 0. The second kappa shape index (κ2) is 7.44. The summed E-state index contributed by atoms with van der Waals surface area (Å²) in [6, 6.07) is 3.97. The number of rotatable bonds is 6. The standard InChI is InChI=1S/C15H17N3O6/c1-3-23-14(19)10-7-16-15(20)17-11(10)8-24-13-6-9(2)4-5-12(13)18(21)22/h4-6H,3,7-8H2,1-2H3,(H2,16,17,20). The Hall–Kier alpha value is -3.10. The fourth-order valence-corrected chi connectivity index (χ4v) is 2.11. The summed E-state index contributed by atoms with van der Waals surface area (Å²) in [4.78, 5) is 33.9. The number of carbonyl (C=O) groups is 2. The lowest BCUT2D eigenvalue weighted by Crippen LogP contribution is -2.45. The quantitative estimate of drug-likeness (QED) is 0.461. The van der Waals surface area contributed by atoms with Crippen molar-refractivity contribution in [2.75, 3.05) is 19.8 Å². The number of urea groups is 1. The number of hydrogen-bond donors (Lipinski definition) is 2. The van der Waals surface area contributed by atoms with Crippen LogP contribution in [-0.2, 0) is 9.53 Å². The highest BCUT2D eigenvalue weighted by Crippen LogP contribution is 2.28. The van der Waals surface area contributed by atoms with Crippen LogP contribution in [0.1, 0.15) is 12.5 Å². The highest BCUT2D eigenvalue weighted by Gasteiger charge is 2.25. The van der Waals surface area contributed by atoms with Gasteiger partial charge in [-0.25, -0.2) is 9.59 Å². The first-order chi connectivity index (χ1) is 11.4. The Kier molecular flexibility index (Phi) is 5.35. The fraction of sp³-hybridized carbons (Fsp3) is 0.333. The Morgan fingerprint density at radius 3 is 2.83 bits per heavy atom. The molecular weight excluding hydrogens is 318 g/mol. The molecule has 1 aromatic rings. The van der Waals surface area contributed by atoms with E-state index < -0.39 is 16.9 Å². The third-order valence-electron chi connectivity index (χ3n) is 3.26. The maximum atomic E-state index is 11.9. The van der Waals surface area contributed by atoms with Crippen molar-refractivity contribution in [3.8, 4) is 5.75 Å². The van der Waals surface area contributed by atoms with E-state index in [2.05, 4.69) is 10.6 Å². The van der Waals surface area contributed by atoms with E-state index in [-0.39, 0.29) is 42.5 Å². The van der Waals surface area contributed by atoms with Gasteiger partial charge in [0.15, 0.2) is 5.75 Å². The molecule has 2 rings (SSSR count). The van der Waals surface area contributed by atoms with Crippen LogP contribution in [0.5, 0.6) is 5.75 Å². The monoisotopic (exact) mass is 335 g/mol. The smallest absolute Gasteiger partial charge is 0.337 e. The van der Waals surface area contributed by atoms with Gasteiger partial charge in [0, 0.05) is 6.07 Å². The minimum Gasteiger partial charge on any atom is -0.480 e. The number of nitrogens with zero attached hydrogens (tertiary/aromatic N) is 1. The zero-order valence-corrected chi connectivity index (χ0v) is 13.3. The van der Waals surface area contributed by atoms with Gasteiger partial charge in [-0.2, -0.15) is 0 Å². The van der Waals surface area contributed by atoms with Crippen LogP contribution in [0, 0.1) is 17.0 Å². The molecule has 0 spiro atoms. The molecule has 24 heavy (non-hydrogen) atoms. The molecule has 2 N–H and O–H groups in total. The van der Waals surface area contributed by atoms with Crippen molar-refractivity contribution in [1.29, 1.82) is 0 Å². The van der Waals surface area contributed by atoms with Crippen LogP contribution in [0.3, 0.4) is 0 Å². The zero-order chi connectivity index (χ0) is 17.7. The molecule has 1 aliphatic rings. The van der Waals surface area contributed by atoms with E-state index in [1.165, 1.54) is 12.1 Å². The highest BCUT2D eigenvalue weighted by atomic mass is 16.6. The number of aryl methyl sites for hydroxylation is 1. The molecule has 9 heteroatoms. The SMILES string of the molecule is CCOC(=O)C1=C(COc2cc(C)ccc2[N+](=O)[O-])NC(=O)NC1. The van der Waals surface area contributed by atoms with E-state index in [9.17, 15) is 19.7 Å². The van der Waals surface area contributed by atoms with Gasteiger partial charge in [0.1, 0.15) is 6.61 Å². The summed E-state index contributed by atoms with van der Waals surface area (Å²) < 4.78 is 10.4. The van der Waals surface area contributed by atoms with Crippen molar-refractivity contribution < 1.29 is 24.0 Å². The highest BCUT2D eigenvalue weighted by molar-refractivity contribution is 5.93. The number of nitrogens with one attached hydrogen (secondary N) is 2. The van der Waals surface area contributed by atoms with Crippen LogP contribution in [0.4, 0.5) is 10.5 Å². The third kappa shape index (κ3) is 4.00. The molecule has 0 fully saturated rings. The minimum atomic E-state index is -0.581. The van der Waals surface area contributed by atoms with Gasteiger partial charge in [-0.15, -0.1) is 0 Å². The Bertz CT molecular complexity index is 713. The van der Waals surface area contributed by atoms with Crippen molar-refractivity contribution in [2.45, 2.75) is 13.8 Å². The van der Waals surface area contributed by atoms with Crippen molar-refractivity contribution in [1.82, 2.24) is 10.6 Å². The van der Waals surface area contributed by atoms with Crippen LogP contribution < -0.4 is 15.4 Å². The minimum absolute atomic E-state index is 0.000723. The Labute approximate surface area is 137 Å². The number of hydrogen-bond acceptors (Lipinski definition) is 6. The van der Waals surface area contributed by atoms with E-state index >= 15 is 0 Å². The molecule has 1 heterocycles. The van der Waals surface area contributed by atoms with Gasteiger partial charge in [-0.3, -0.25) is 10.1 Å². The first kappa shape index (κ1) is 17.3. The molecule has 0 bridgehead atoms. The summed E-state index contributed by atoms with van der Waals surface area (Å²) in [5.74, 6) is -0.522. The maximum absolute atomic E-state index is 11.9. The summed E-state index contributed by atoms with van der Waals surface area (Å²) in [6.45, 7) is 3.42.